The Labute approximate surface area is 464 Å². The van der Waals surface area contributed by atoms with Crippen LogP contribution in [0.3, 0.4) is 0 Å². The third-order valence-corrected chi connectivity index (χ3v) is 14.5. The van der Waals surface area contributed by atoms with Gasteiger partial charge < -0.3 is 30.6 Å². The van der Waals surface area contributed by atoms with Gasteiger partial charge in [0.1, 0.15) is 34.5 Å². The van der Waals surface area contributed by atoms with Gasteiger partial charge >= 0.3 is 0 Å². The molecule has 0 bridgehead atoms. The zero-order valence-electron chi connectivity index (χ0n) is 45.1. The number of phenols is 6. The maximum absolute atomic E-state index is 11.7. The minimum Gasteiger partial charge on any atom is -0.507 e. The van der Waals surface area contributed by atoms with E-state index in [0.29, 0.717) is 67.0 Å². The summed E-state index contributed by atoms with van der Waals surface area (Å²) in [6.07, 6.45) is 3.23. The molecule has 11 aromatic carbocycles. The molecular weight excluding hydrogens is 989 g/mol. The van der Waals surface area contributed by atoms with Crippen molar-refractivity contribution in [1.29, 1.82) is 0 Å². The van der Waals surface area contributed by atoms with E-state index in [-0.39, 0.29) is 34.5 Å². The number of para-hydroxylation sites is 2. The van der Waals surface area contributed by atoms with Crippen molar-refractivity contribution in [2.75, 3.05) is 0 Å². The van der Waals surface area contributed by atoms with E-state index in [0.717, 1.165) is 54.2 Å². The zero-order chi connectivity index (χ0) is 56.0. The SMILES string of the molecule is CC(C)(C)c1cc(C#Cc2ccc3c(-c4c(O)ccc5ccccc45)c(O)ccc3c2)cc(C=Nc2ccccc2N=Cc2cc(C#Cc3ccc4c(-c5c(O)ccc6ccccc56)c(O)ccc4c3)cc(C(C)(C)C)c2O)c1O. The van der Waals surface area contributed by atoms with Crippen molar-refractivity contribution in [1.82, 2.24) is 0 Å². The first kappa shape index (κ1) is 51.8. The highest BCUT2D eigenvalue weighted by Crippen LogP contribution is 2.47. The third-order valence-electron chi connectivity index (χ3n) is 14.5. The van der Waals surface area contributed by atoms with Crippen LogP contribution in [0.5, 0.6) is 34.5 Å². The highest BCUT2D eigenvalue weighted by Gasteiger charge is 2.24. The summed E-state index contributed by atoms with van der Waals surface area (Å²) >= 11 is 0. The second-order valence-electron chi connectivity index (χ2n) is 22.1. The van der Waals surface area contributed by atoms with Gasteiger partial charge in [-0.2, -0.15) is 0 Å². The summed E-state index contributed by atoms with van der Waals surface area (Å²) in [4.78, 5) is 9.72. The first-order valence-electron chi connectivity index (χ1n) is 26.3. The van der Waals surface area contributed by atoms with Crippen LogP contribution in [0, 0.1) is 23.7 Å². The Hall–Kier alpha value is -10.3. The largest absolute Gasteiger partial charge is 0.507 e. The topological polar surface area (TPSA) is 146 Å². The van der Waals surface area contributed by atoms with Gasteiger partial charge in [-0.25, -0.2) is 0 Å². The Balaban J connectivity index is 0.893. The van der Waals surface area contributed by atoms with Crippen LogP contribution >= 0.6 is 0 Å². The molecule has 8 nitrogen and oxygen atoms in total. The van der Waals surface area contributed by atoms with E-state index in [9.17, 15) is 30.6 Å². The molecule has 0 heterocycles. The van der Waals surface area contributed by atoms with Crippen LogP contribution in [0.1, 0.15) is 86.1 Å². The number of hydrogen-bond acceptors (Lipinski definition) is 8. The van der Waals surface area contributed by atoms with Gasteiger partial charge in [-0.15, -0.1) is 0 Å². The van der Waals surface area contributed by atoms with Gasteiger partial charge in [-0.1, -0.05) is 162 Å². The Morgan fingerprint density at radius 2 is 0.650 bits per heavy atom. The lowest BCUT2D eigenvalue weighted by Crippen LogP contribution is -2.12. The van der Waals surface area contributed by atoms with Gasteiger partial charge in [0.05, 0.1) is 11.4 Å². The molecule has 0 atom stereocenters. The maximum atomic E-state index is 11.7. The third kappa shape index (κ3) is 10.1. The Bertz CT molecular complexity index is 4240. The average Bonchev–Trinajstić information content (AvgIpc) is 3.51. The highest BCUT2D eigenvalue weighted by atomic mass is 16.3. The van der Waals surface area contributed by atoms with Crippen LogP contribution in [0.2, 0.25) is 0 Å². The Morgan fingerprint density at radius 3 is 1.02 bits per heavy atom. The molecule has 0 saturated carbocycles. The molecule has 0 fully saturated rings. The summed E-state index contributed by atoms with van der Waals surface area (Å²) in [5, 5.41) is 74.8. The lowest BCUT2D eigenvalue weighted by molar-refractivity contribution is 0.445. The molecule has 11 rings (SSSR count). The van der Waals surface area contributed by atoms with Crippen molar-refractivity contribution in [3.8, 4) is 80.4 Å². The molecular formula is C72H56N2O6. The Morgan fingerprint density at radius 1 is 0.325 bits per heavy atom. The normalized spacial score (nSPS) is 11.9. The van der Waals surface area contributed by atoms with Crippen LogP contribution in [0.15, 0.2) is 192 Å². The number of aliphatic imine (C=N–C) groups is 2. The van der Waals surface area contributed by atoms with Crippen molar-refractivity contribution in [2.45, 2.75) is 52.4 Å². The van der Waals surface area contributed by atoms with Gasteiger partial charge in [0, 0.05) is 79.2 Å². The second kappa shape index (κ2) is 20.6. The molecule has 0 spiro atoms. The fraction of sp³-hybridized carbons (Fsp3) is 0.111. The van der Waals surface area contributed by atoms with Gasteiger partial charge in [-0.05, 0) is 139 Å². The molecule has 8 heteroatoms. The van der Waals surface area contributed by atoms with E-state index in [1.54, 1.807) is 36.7 Å². The number of fused-ring (bicyclic) bond motifs is 4. The fourth-order valence-electron chi connectivity index (χ4n) is 10.4. The van der Waals surface area contributed by atoms with Gasteiger partial charge in [0.2, 0.25) is 0 Å². The van der Waals surface area contributed by atoms with Crippen LogP contribution < -0.4 is 0 Å². The lowest BCUT2D eigenvalue weighted by Gasteiger charge is -2.22. The first-order chi connectivity index (χ1) is 38.4. The number of benzene rings is 11. The number of phenolic OH excluding ortho intramolecular Hbond substituents is 6. The van der Waals surface area contributed by atoms with Crippen molar-refractivity contribution < 1.29 is 30.6 Å². The molecule has 11 aromatic rings. The number of rotatable bonds is 6. The predicted molar refractivity (Wildman–Crippen MR) is 327 cm³/mol. The van der Waals surface area contributed by atoms with E-state index in [1.165, 1.54) is 0 Å². The Kier molecular flexibility index (Phi) is 13.3. The molecule has 0 amide bonds. The summed E-state index contributed by atoms with van der Waals surface area (Å²) in [5.41, 5.74) is 7.58. The molecule has 0 aromatic heterocycles. The molecule has 6 N–H and O–H groups in total. The second-order valence-corrected chi connectivity index (χ2v) is 22.1. The van der Waals surface area contributed by atoms with Crippen molar-refractivity contribution in [2.24, 2.45) is 9.98 Å². The van der Waals surface area contributed by atoms with Gasteiger partial charge in [-0.3, -0.25) is 9.98 Å². The number of aromatic hydroxyl groups is 6. The van der Waals surface area contributed by atoms with Crippen molar-refractivity contribution >= 4 is 66.9 Å². The molecule has 80 heavy (non-hydrogen) atoms. The highest BCUT2D eigenvalue weighted by molar-refractivity contribution is 6.11. The van der Waals surface area contributed by atoms with Crippen LogP contribution in [0.4, 0.5) is 11.4 Å². The number of hydrogen-bond donors (Lipinski definition) is 6. The number of nitrogens with zero attached hydrogens (tertiary/aromatic N) is 2. The summed E-state index contributed by atoms with van der Waals surface area (Å²) in [6.45, 7) is 12.2. The quantitative estimate of drug-likeness (QED) is 0.0722. The van der Waals surface area contributed by atoms with E-state index in [4.69, 9.17) is 9.98 Å². The molecule has 390 valence electrons. The maximum Gasteiger partial charge on any atom is 0.128 e. The summed E-state index contributed by atoms with van der Waals surface area (Å²) < 4.78 is 0. The van der Waals surface area contributed by atoms with Crippen LogP contribution in [0.25, 0.3) is 65.3 Å². The molecule has 0 aliphatic carbocycles. The lowest BCUT2D eigenvalue weighted by atomic mass is 9.84. The minimum atomic E-state index is -0.442. The van der Waals surface area contributed by atoms with E-state index in [1.807, 2.05) is 199 Å². The molecule has 0 saturated heterocycles. The standard InChI is InChI=1S/C72H56N2O6/c1-71(2,3)57-39-45(21-19-43-23-29-55-49(35-43)27-33-63(77)67(55)65-53-15-9-7-13-47(53)25-31-61(65)75)37-51(69(57)79)41-73-59-17-11-12-18-60(59)74-42-52-38-46(40-58(70(52)80)72(4,5)6)22-20-44-24-30-56-50(36-44)28-34-64(78)68(56)66-54-16-10-8-14-48(54)26-32-62(66)76/h7-18,23-42,75-80H,1-6H3. The molecule has 0 unspecified atom stereocenters. The minimum absolute atomic E-state index is 0.0618. The molecule has 0 radical (unpaired) electrons. The van der Waals surface area contributed by atoms with Crippen LogP contribution in [-0.4, -0.2) is 43.1 Å². The van der Waals surface area contributed by atoms with E-state index < -0.39 is 10.8 Å². The fourth-order valence-corrected chi connectivity index (χ4v) is 10.4. The first-order valence-corrected chi connectivity index (χ1v) is 26.3. The monoisotopic (exact) mass is 1040 g/mol. The van der Waals surface area contributed by atoms with Crippen molar-refractivity contribution in [3.05, 3.63) is 226 Å². The molecule has 0 aliphatic rings. The van der Waals surface area contributed by atoms with Crippen LogP contribution in [-0.2, 0) is 10.8 Å². The van der Waals surface area contributed by atoms with Gasteiger partial charge in [0.25, 0.3) is 0 Å². The van der Waals surface area contributed by atoms with E-state index in [2.05, 4.69) is 23.7 Å². The summed E-state index contributed by atoms with van der Waals surface area (Å²) in [7, 11) is 0. The van der Waals surface area contributed by atoms with Gasteiger partial charge in [0.15, 0.2) is 0 Å². The smallest absolute Gasteiger partial charge is 0.128 e. The van der Waals surface area contributed by atoms with E-state index >= 15 is 0 Å². The average molecular weight is 1050 g/mol. The molecule has 0 aliphatic heterocycles. The summed E-state index contributed by atoms with van der Waals surface area (Å²) in [6, 6.07) is 55.9. The van der Waals surface area contributed by atoms with Crippen molar-refractivity contribution in [3.63, 3.8) is 0 Å². The predicted octanol–water partition coefficient (Wildman–Crippen LogP) is 16.8. The summed E-state index contributed by atoms with van der Waals surface area (Å²) in [5.74, 6) is 13.7. The zero-order valence-corrected chi connectivity index (χ0v) is 45.1.